The molecule has 0 saturated carbocycles. The Hall–Kier alpha value is -3.32. The van der Waals surface area contributed by atoms with Crippen LogP contribution < -0.4 is 20.1 Å². The summed E-state index contributed by atoms with van der Waals surface area (Å²) in [6.07, 6.45) is 3.82. The highest BCUT2D eigenvalue weighted by Crippen LogP contribution is 2.27. The van der Waals surface area contributed by atoms with E-state index in [9.17, 15) is 9.59 Å². The third-order valence-corrected chi connectivity index (χ3v) is 4.04. The average Bonchev–Trinajstić information content (AvgIpc) is 2.75. The van der Waals surface area contributed by atoms with E-state index in [1.165, 1.54) is 6.08 Å². The topological polar surface area (TPSA) is 85.9 Å². The molecule has 0 aliphatic rings. The van der Waals surface area contributed by atoms with Crippen LogP contribution in [-0.2, 0) is 9.53 Å². The Kier molecular flexibility index (Phi) is 8.72. The van der Waals surface area contributed by atoms with Gasteiger partial charge < -0.3 is 24.8 Å². The van der Waals surface area contributed by atoms with Gasteiger partial charge in [-0.25, -0.2) is 0 Å². The van der Waals surface area contributed by atoms with Crippen molar-refractivity contribution in [2.75, 3.05) is 39.8 Å². The molecule has 7 nitrogen and oxygen atoms in total. The zero-order valence-electron chi connectivity index (χ0n) is 16.9. The van der Waals surface area contributed by atoms with Crippen molar-refractivity contribution < 1.29 is 23.8 Å². The van der Waals surface area contributed by atoms with Crippen molar-refractivity contribution >= 4 is 23.6 Å². The van der Waals surface area contributed by atoms with Gasteiger partial charge in [-0.15, -0.1) is 0 Å². The maximum atomic E-state index is 12.2. The van der Waals surface area contributed by atoms with Crippen molar-refractivity contribution in [1.82, 2.24) is 5.32 Å². The molecule has 0 heterocycles. The lowest BCUT2D eigenvalue weighted by Crippen LogP contribution is -2.25. The molecule has 0 fully saturated rings. The number of nitrogens with one attached hydrogen (secondary N) is 2. The van der Waals surface area contributed by atoms with Gasteiger partial charge in [-0.05, 0) is 48.4 Å². The molecule has 0 aromatic heterocycles. The number of amides is 2. The molecule has 7 heteroatoms. The second-order valence-corrected chi connectivity index (χ2v) is 6.12. The number of carbonyl (C=O) groups excluding carboxylic acids is 2. The second-order valence-electron chi connectivity index (χ2n) is 6.12. The monoisotopic (exact) mass is 398 g/mol. The second kappa shape index (κ2) is 11.5. The molecule has 29 heavy (non-hydrogen) atoms. The van der Waals surface area contributed by atoms with Crippen molar-refractivity contribution in [2.45, 2.75) is 6.42 Å². The standard InChI is InChI=1S/C22H26N2O5/c1-27-13-5-12-23-22(26)17-6-4-7-18(15-17)24-21(25)11-9-16-8-10-19(28-2)20(14-16)29-3/h4,6-11,14-15H,5,12-13H2,1-3H3,(H,23,26)(H,24,25)/b11-9+. The maximum Gasteiger partial charge on any atom is 0.251 e. The van der Waals surface area contributed by atoms with Crippen molar-refractivity contribution in [1.29, 1.82) is 0 Å². The Morgan fingerprint density at radius 3 is 2.52 bits per heavy atom. The zero-order chi connectivity index (χ0) is 21.1. The summed E-state index contributed by atoms with van der Waals surface area (Å²) in [5.74, 6) is 0.696. The molecule has 0 aliphatic carbocycles. The smallest absolute Gasteiger partial charge is 0.251 e. The summed E-state index contributed by atoms with van der Waals surface area (Å²) in [5.41, 5.74) is 1.81. The first kappa shape index (κ1) is 22.0. The predicted octanol–water partition coefficient (Wildman–Crippen LogP) is 3.12. The number of hydrogen-bond donors (Lipinski definition) is 2. The predicted molar refractivity (Wildman–Crippen MR) is 112 cm³/mol. The third-order valence-electron chi connectivity index (χ3n) is 4.04. The summed E-state index contributed by atoms with van der Waals surface area (Å²) in [6.45, 7) is 1.11. The highest BCUT2D eigenvalue weighted by atomic mass is 16.5. The van der Waals surface area contributed by atoms with Crippen LogP contribution in [0.15, 0.2) is 48.5 Å². The fraction of sp³-hybridized carbons (Fsp3) is 0.273. The summed E-state index contributed by atoms with van der Waals surface area (Å²) in [6, 6.07) is 12.1. The Labute approximate surface area is 170 Å². The largest absolute Gasteiger partial charge is 0.493 e. The third kappa shape index (κ3) is 6.97. The zero-order valence-corrected chi connectivity index (χ0v) is 16.9. The van der Waals surface area contributed by atoms with Crippen molar-refractivity contribution in [3.8, 4) is 11.5 Å². The minimum absolute atomic E-state index is 0.196. The molecule has 0 aliphatic heterocycles. The Bertz CT molecular complexity index is 864. The van der Waals surface area contributed by atoms with Gasteiger partial charge in [0.05, 0.1) is 14.2 Å². The van der Waals surface area contributed by atoms with Crippen LogP contribution in [0.3, 0.4) is 0 Å². The van der Waals surface area contributed by atoms with E-state index in [2.05, 4.69) is 10.6 Å². The molecule has 0 unspecified atom stereocenters. The van der Waals surface area contributed by atoms with Gasteiger partial charge in [0, 0.05) is 37.6 Å². The molecule has 0 saturated heterocycles. The average molecular weight is 398 g/mol. The lowest BCUT2D eigenvalue weighted by molar-refractivity contribution is -0.111. The molecule has 154 valence electrons. The number of benzene rings is 2. The van der Waals surface area contributed by atoms with Crippen LogP contribution in [-0.4, -0.2) is 46.3 Å². The molecule has 2 rings (SSSR count). The van der Waals surface area contributed by atoms with Crippen LogP contribution >= 0.6 is 0 Å². The summed E-state index contributed by atoms with van der Waals surface area (Å²) < 4.78 is 15.4. The van der Waals surface area contributed by atoms with Gasteiger partial charge in [0.1, 0.15) is 0 Å². The SMILES string of the molecule is COCCCNC(=O)c1cccc(NC(=O)/C=C/c2ccc(OC)c(OC)c2)c1. The normalized spacial score (nSPS) is 10.6. The number of ether oxygens (including phenoxy) is 3. The fourth-order valence-electron chi connectivity index (χ4n) is 2.57. The van der Waals surface area contributed by atoms with Gasteiger partial charge in [0.25, 0.3) is 5.91 Å². The lowest BCUT2D eigenvalue weighted by Gasteiger charge is -2.08. The van der Waals surface area contributed by atoms with Gasteiger partial charge in [0.2, 0.25) is 5.91 Å². The van der Waals surface area contributed by atoms with E-state index in [0.717, 1.165) is 12.0 Å². The lowest BCUT2D eigenvalue weighted by atomic mass is 10.1. The molecule has 2 amide bonds. The van der Waals surface area contributed by atoms with Crippen LogP contribution in [0.5, 0.6) is 11.5 Å². The number of anilines is 1. The molecular weight excluding hydrogens is 372 g/mol. The van der Waals surface area contributed by atoms with Crippen LogP contribution in [0.2, 0.25) is 0 Å². The highest BCUT2D eigenvalue weighted by molar-refractivity contribution is 6.03. The van der Waals surface area contributed by atoms with E-state index in [1.54, 1.807) is 63.8 Å². The van der Waals surface area contributed by atoms with Crippen molar-refractivity contribution in [3.63, 3.8) is 0 Å². The molecule has 0 spiro atoms. The first-order chi connectivity index (χ1) is 14.1. The van der Waals surface area contributed by atoms with E-state index in [-0.39, 0.29) is 11.8 Å². The van der Waals surface area contributed by atoms with Crippen LogP contribution in [0.25, 0.3) is 6.08 Å². The summed E-state index contributed by atoms with van der Waals surface area (Å²) in [4.78, 5) is 24.4. The molecule has 2 N–H and O–H groups in total. The molecule has 2 aromatic rings. The first-order valence-electron chi connectivity index (χ1n) is 9.15. The van der Waals surface area contributed by atoms with Crippen LogP contribution in [0.1, 0.15) is 22.3 Å². The van der Waals surface area contributed by atoms with Gasteiger partial charge in [0.15, 0.2) is 11.5 Å². The molecular formula is C22H26N2O5. The van der Waals surface area contributed by atoms with Crippen LogP contribution in [0.4, 0.5) is 5.69 Å². The maximum absolute atomic E-state index is 12.2. The van der Waals surface area contributed by atoms with Gasteiger partial charge in [-0.2, -0.15) is 0 Å². The quantitative estimate of drug-likeness (QED) is 0.474. The Balaban J connectivity index is 1.97. The van der Waals surface area contributed by atoms with Gasteiger partial charge in [-0.3, -0.25) is 9.59 Å². The van der Waals surface area contributed by atoms with E-state index in [1.807, 2.05) is 6.07 Å². The highest BCUT2D eigenvalue weighted by Gasteiger charge is 2.07. The van der Waals surface area contributed by atoms with Crippen molar-refractivity contribution in [2.24, 2.45) is 0 Å². The van der Waals surface area contributed by atoms with Crippen molar-refractivity contribution in [3.05, 3.63) is 59.7 Å². The van der Waals surface area contributed by atoms with Gasteiger partial charge in [-0.1, -0.05) is 12.1 Å². The first-order valence-corrected chi connectivity index (χ1v) is 9.15. The number of carbonyl (C=O) groups is 2. The number of methoxy groups -OCH3 is 3. The molecule has 0 atom stereocenters. The van der Waals surface area contributed by atoms with E-state index >= 15 is 0 Å². The number of hydrogen-bond acceptors (Lipinski definition) is 5. The molecule has 0 bridgehead atoms. The summed E-state index contributed by atoms with van der Waals surface area (Å²) >= 11 is 0. The Morgan fingerprint density at radius 2 is 1.79 bits per heavy atom. The Morgan fingerprint density at radius 1 is 1.00 bits per heavy atom. The summed E-state index contributed by atoms with van der Waals surface area (Å²) in [5, 5.41) is 5.57. The molecule has 0 radical (unpaired) electrons. The van der Waals surface area contributed by atoms with Crippen LogP contribution in [0, 0.1) is 0 Å². The van der Waals surface area contributed by atoms with E-state index in [4.69, 9.17) is 14.2 Å². The minimum atomic E-state index is -0.308. The van der Waals surface area contributed by atoms with E-state index in [0.29, 0.717) is 35.9 Å². The van der Waals surface area contributed by atoms with E-state index < -0.39 is 0 Å². The fourth-order valence-corrected chi connectivity index (χ4v) is 2.57. The summed E-state index contributed by atoms with van der Waals surface area (Å²) in [7, 11) is 4.74. The number of rotatable bonds is 10. The minimum Gasteiger partial charge on any atom is -0.493 e. The molecule has 2 aromatic carbocycles. The van der Waals surface area contributed by atoms with Gasteiger partial charge >= 0.3 is 0 Å².